The molecule has 46 heavy (non-hydrogen) atoms. The highest BCUT2D eigenvalue weighted by Crippen LogP contribution is 2.51. The van der Waals surface area contributed by atoms with Gasteiger partial charge in [0.1, 0.15) is 23.4 Å². The number of hydrogen-bond donors (Lipinski definition) is 3. The highest BCUT2D eigenvalue weighted by Gasteiger charge is 2.65. The predicted molar refractivity (Wildman–Crippen MR) is 163 cm³/mol. The normalized spacial score (nSPS) is 30.4. The summed E-state index contributed by atoms with van der Waals surface area (Å²) in [7, 11) is -4.01. The quantitative estimate of drug-likeness (QED) is 0.420. The van der Waals surface area contributed by atoms with E-state index in [1.165, 1.54) is 4.90 Å². The van der Waals surface area contributed by atoms with E-state index in [9.17, 15) is 22.8 Å². The minimum absolute atomic E-state index is 0.000956. The molecule has 4 aliphatic rings. The molecule has 0 bridgehead atoms. The highest BCUT2D eigenvalue weighted by molar-refractivity contribution is 7.91. The Kier molecular flexibility index (Phi) is 8.68. The topological polar surface area (TPSA) is 174 Å². The lowest BCUT2D eigenvalue weighted by molar-refractivity contribution is -0.140. The van der Waals surface area contributed by atoms with Crippen LogP contribution in [0.3, 0.4) is 0 Å². The summed E-state index contributed by atoms with van der Waals surface area (Å²) in [6.45, 7) is 1.91. The summed E-state index contributed by atoms with van der Waals surface area (Å²) in [5.74, 6) is -6.11. The van der Waals surface area contributed by atoms with Crippen LogP contribution in [0.5, 0.6) is 5.88 Å². The number of aromatic nitrogens is 2. The van der Waals surface area contributed by atoms with Crippen molar-refractivity contribution in [3.8, 4) is 5.88 Å². The SMILES string of the molecule is CCc1nc2ccccc2nc1O[C@@H]1C[C@H]2C(=O)N[C@]3(C(=O)NS(=O)(=O)C4CC4)C[C@H]3CC(F)(F)CCCCC[C@H](N)C(=O)N2C1. The summed E-state index contributed by atoms with van der Waals surface area (Å²) in [4.78, 5) is 51.7. The van der Waals surface area contributed by atoms with Gasteiger partial charge < -0.3 is 20.7 Å². The molecule has 3 amide bonds. The number of ether oxygens (including phenoxy) is 1. The first-order valence-corrected chi connectivity index (χ1v) is 17.6. The summed E-state index contributed by atoms with van der Waals surface area (Å²) >= 11 is 0. The number of alkyl halides is 2. The molecule has 3 heterocycles. The van der Waals surface area contributed by atoms with E-state index in [1.807, 2.05) is 29.8 Å². The number of amides is 3. The third kappa shape index (κ3) is 6.66. The summed E-state index contributed by atoms with van der Waals surface area (Å²) in [6, 6.07) is 5.20. The Morgan fingerprint density at radius 2 is 1.83 bits per heavy atom. The fourth-order valence-electron chi connectivity index (χ4n) is 6.65. The molecule has 0 spiro atoms. The van der Waals surface area contributed by atoms with Gasteiger partial charge in [0.25, 0.3) is 5.91 Å². The molecule has 6 rings (SSSR count). The second-order valence-corrected chi connectivity index (χ2v) is 15.1. The largest absolute Gasteiger partial charge is 0.471 e. The van der Waals surface area contributed by atoms with Gasteiger partial charge in [-0.2, -0.15) is 0 Å². The Morgan fingerprint density at radius 1 is 1.11 bits per heavy atom. The van der Waals surface area contributed by atoms with Crippen LogP contribution < -0.4 is 20.5 Å². The second kappa shape index (κ2) is 12.3. The molecule has 5 atom stereocenters. The smallest absolute Gasteiger partial charge is 0.259 e. The lowest BCUT2D eigenvalue weighted by Gasteiger charge is -2.28. The summed E-state index contributed by atoms with van der Waals surface area (Å²) < 4.78 is 63.7. The number of hydrogen-bond acceptors (Lipinski definition) is 9. The summed E-state index contributed by atoms with van der Waals surface area (Å²) in [5.41, 5.74) is 6.33. The van der Waals surface area contributed by atoms with Crippen molar-refractivity contribution in [2.45, 2.75) is 112 Å². The van der Waals surface area contributed by atoms with Gasteiger partial charge >= 0.3 is 0 Å². The Balaban J connectivity index is 1.29. The number of rotatable bonds is 6. The lowest BCUT2D eigenvalue weighted by Crippen LogP contribution is -2.58. The second-order valence-electron chi connectivity index (χ2n) is 13.1. The van der Waals surface area contributed by atoms with Crippen LogP contribution in [0.1, 0.15) is 76.8 Å². The highest BCUT2D eigenvalue weighted by atomic mass is 32.2. The van der Waals surface area contributed by atoms with E-state index in [2.05, 4.69) is 15.3 Å². The van der Waals surface area contributed by atoms with E-state index in [0.29, 0.717) is 48.8 Å². The van der Waals surface area contributed by atoms with Crippen molar-refractivity contribution >= 4 is 38.8 Å². The number of aryl methyl sites for hydroxylation is 1. The van der Waals surface area contributed by atoms with Gasteiger partial charge in [-0.1, -0.05) is 31.9 Å². The monoisotopic (exact) mass is 662 g/mol. The Morgan fingerprint density at radius 3 is 2.52 bits per heavy atom. The summed E-state index contributed by atoms with van der Waals surface area (Å²) in [5, 5.41) is 1.90. The molecule has 2 aromatic rings. The van der Waals surface area contributed by atoms with Crippen molar-refractivity contribution in [1.82, 2.24) is 24.9 Å². The molecular formula is C31H40F2N6O6S. The maximum Gasteiger partial charge on any atom is 0.259 e. The molecule has 15 heteroatoms. The molecule has 250 valence electrons. The van der Waals surface area contributed by atoms with Crippen molar-refractivity contribution in [1.29, 1.82) is 0 Å². The molecule has 0 unspecified atom stereocenters. The molecular weight excluding hydrogens is 622 g/mol. The zero-order valence-corrected chi connectivity index (χ0v) is 26.5. The van der Waals surface area contributed by atoms with E-state index in [4.69, 9.17) is 10.5 Å². The Labute approximate surface area is 266 Å². The van der Waals surface area contributed by atoms with Gasteiger partial charge in [-0.3, -0.25) is 19.1 Å². The fourth-order valence-corrected chi connectivity index (χ4v) is 8.01. The molecule has 1 aromatic heterocycles. The van der Waals surface area contributed by atoms with E-state index >= 15 is 8.78 Å². The lowest BCUT2D eigenvalue weighted by atomic mass is 10.0. The van der Waals surface area contributed by atoms with Crippen LogP contribution in [0, 0.1) is 5.92 Å². The molecule has 0 radical (unpaired) electrons. The Hall–Kier alpha value is -3.46. The maximum atomic E-state index is 15.0. The summed E-state index contributed by atoms with van der Waals surface area (Å²) in [6.07, 6.45) is 0.713. The minimum atomic E-state index is -4.01. The third-order valence-corrected chi connectivity index (χ3v) is 11.4. The van der Waals surface area contributed by atoms with Crippen LogP contribution in [-0.2, 0) is 30.8 Å². The van der Waals surface area contributed by atoms with Gasteiger partial charge in [-0.15, -0.1) is 0 Å². The molecule has 2 saturated carbocycles. The number of carbonyl (C=O) groups excluding carboxylic acids is 3. The molecule has 1 aromatic carbocycles. The number of nitrogens with two attached hydrogens (primary N) is 1. The first-order chi connectivity index (χ1) is 21.8. The van der Waals surface area contributed by atoms with E-state index in [0.717, 1.165) is 0 Å². The number of nitrogens with zero attached hydrogens (tertiary/aromatic N) is 3. The standard InChI is InChI=1S/C31H40F2N6O6S/c1-2-22-27(36-24-10-6-5-9-23(24)35-22)45-19-14-25-26(40)37-31(29(42)38-46(43,44)20-11-12-20)16-18(31)15-30(32,33)13-7-3-4-8-21(34)28(41)39(25)17-19/h5-6,9-10,18-21,25H,2-4,7-8,11-17,34H2,1H3,(H,37,40)(H,38,42)/t18-,19-,21+,25+,31-/m1/s1. The maximum absolute atomic E-state index is 15.0. The van der Waals surface area contributed by atoms with Gasteiger partial charge in [-0.25, -0.2) is 27.2 Å². The minimum Gasteiger partial charge on any atom is -0.471 e. The van der Waals surface area contributed by atoms with E-state index in [-0.39, 0.29) is 38.1 Å². The van der Waals surface area contributed by atoms with Crippen molar-refractivity contribution in [2.24, 2.45) is 11.7 Å². The van der Waals surface area contributed by atoms with Crippen LogP contribution >= 0.6 is 0 Å². The molecule has 4 fully saturated rings. The average Bonchev–Trinajstić information content (AvgIpc) is 3.93. The van der Waals surface area contributed by atoms with Crippen molar-refractivity contribution in [2.75, 3.05) is 6.54 Å². The third-order valence-electron chi connectivity index (χ3n) is 9.54. The number of benzene rings is 1. The van der Waals surface area contributed by atoms with Crippen molar-refractivity contribution in [3.05, 3.63) is 30.0 Å². The fraction of sp³-hybridized carbons (Fsp3) is 0.645. The number of para-hydroxylation sites is 2. The number of sulfonamides is 1. The van der Waals surface area contributed by atoms with Gasteiger partial charge in [0, 0.05) is 19.3 Å². The molecule has 4 N–H and O–H groups in total. The van der Waals surface area contributed by atoms with Crippen molar-refractivity contribution < 1.29 is 36.3 Å². The van der Waals surface area contributed by atoms with Crippen LogP contribution in [0.15, 0.2) is 24.3 Å². The van der Waals surface area contributed by atoms with Crippen LogP contribution in [-0.4, -0.2) is 82.5 Å². The van der Waals surface area contributed by atoms with Crippen LogP contribution in [0.4, 0.5) is 8.78 Å². The molecule has 12 nitrogen and oxygen atoms in total. The number of fused-ring (bicyclic) bond motifs is 3. The van der Waals surface area contributed by atoms with Crippen LogP contribution in [0.2, 0.25) is 0 Å². The van der Waals surface area contributed by atoms with E-state index in [1.54, 1.807) is 6.07 Å². The van der Waals surface area contributed by atoms with Gasteiger partial charge in [0.2, 0.25) is 33.6 Å². The number of halogens is 2. The van der Waals surface area contributed by atoms with Crippen molar-refractivity contribution in [3.63, 3.8) is 0 Å². The zero-order valence-electron chi connectivity index (χ0n) is 25.7. The van der Waals surface area contributed by atoms with Gasteiger partial charge in [0.05, 0.1) is 28.9 Å². The predicted octanol–water partition coefficient (Wildman–Crippen LogP) is 2.34. The van der Waals surface area contributed by atoms with E-state index < -0.39 is 81.4 Å². The number of carbonyl (C=O) groups is 3. The first-order valence-electron chi connectivity index (χ1n) is 16.1. The zero-order chi connectivity index (χ0) is 32.9. The first kappa shape index (κ1) is 32.5. The van der Waals surface area contributed by atoms with Gasteiger partial charge in [-0.05, 0) is 56.6 Å². The average molecular weight is 663 g/mol. The molecule has 2 aliphatic carbocycles. The number of nitrogens with one attached hydrogen (secondary N) is 2. The van der Waals surface area contributed by atoms with Gasteiger partial charge in [0.15, 0.2) is 0 Å². The molecule has 2 aliphatic heterocycles. The molecule has 2 saturated heterocycles. The van der Waals surface area contributed by atoms with Crippen LogP contribution in [0.25, 0.3) is 11.0 Å². The Bertz CT molecular complexity index is 1640.